The Balaban J connectivity index is 1.23. The predicted octanol–water partition coefficient (Wildman–Crippen LogP) is 3.94. The highest BCUT2D eigenvalue weighted by molar-refractivity contribution is 6.21. The molecule has 0 atom stereocenters. The molecular formula is C27H22N4O3. The van der Waals surface area contributed by atoms with Crippen LogP contribution in [0.2, 0.25) is 0 Å². The van der Waals surface area contributed by atoms with Crippen LogP contribution in [-0.2, 0) is 13.1 Å². The van der Waals surface area contributed by atoms with Gasteiger partial charge in [-0.1, -0.05) is 42.5 Å². The first-order valence-electron chi connectivity index (χ1n) is 10.9. The van der Waals surface area contributed by atoms with Gasteiger partial charge in [-0.3, -0.25) is 19.3 Å². The molecule has 0 N–H and O–H groups in total. The fourth-order valence-electron chi connectivity index (χ4n) is 4.05. The molecule has 34 heavy (non-hydrogen) atoms. The van der Waals surface area contributed by atoms with Gasteiger partial charge in [-0.05, 0) is 42.0 Å². The van der Waals surface area contributed by atoms with E-state index in [1.54, 1.807) is 71.4 Å². The van der Waals surface area contributed by atoms with Crippen LogP contribution in [0.15, 0.2) is 91.3 Å². The predicted molar refractivity (Wildman–Crippen MR) is 126 cm³/mol. The van der Waals surface area contributed by atoms with Gasteiger partial charge in [-0.25, -0.2) is 4.68 Å². The fourth-order valence-corrected chi connectivity index (χ4v) is 4.05. The molecule has 0 bridgehead atoms. The number of carbonyl (C=O) groups excluding carboxylic acids is 3. The topological polar surface area (TPSA) is 75.5 Å². The van der Waals surface area contributed by atoms with E-state index in [-0.39, 0.29) is 24.3 Å². The van der Waals surface area contributed by atoms with Gasteiger partial charge in [0.1, 0.15) is 0 Å². The molecule has 7 heteroatoms. The summed E-state index contributed by atoms with van der Waals surface area (Å²) in [7, 11) is 1.74. The quantitative estimate of drug-likeness (QED) is 0.417. The number of fused-ring (bicyclic) bond motifs is 1. The molecule has 0 unspecified atom stereocenters. The van der Waals surface area contributed by atoms with E-state index >= 15 is 0 Å². The summed E-state index contributed by atoms with van der Waals surface area (Å²) in [4.78, 5) is 40.9. The normalized spacial score (nSPS) is 12.7. The maximum absolute atomic E-state index is 12.9. The Kier molecular flexibility index (Phi) is 5.51. The van der Waals surface area contributed by atoms with Crippen LogP contribution in [0.4, 0.5) is 0 Å². The molecule has 0 fully saturated rings. The second-order valence-electron chi connectivity index (χ2n) is 8.23. The summed E-state index contributed by atoms with van der Waals surface area (Å²) in [5.41, 5.74) is 4.04. The third kappa shape index (κ3) is 3.99. The number of hydrogen-bond donors (Lipinski definition) is 0. The smallest absolute Gasteiger partial charge is 0.261 e. The van der Waals surface area contributed by atoms with Crippen LogP contribution >= 0.6 is 0 Å². The molecule has 7 nitrogen and oxygen atoms in total. The van der Waals surface area contributed by atoms with Crippen LogP contribution in [0.1, 0.15) is 42.2 Å². The van der Waals surface area contributed by atoms with E-state index in [1.165, 1.54) is 4.90 Å². The first-order valence-corrected chi connectivity index (χ1v) is 10.9. The SMILES string of the molecule is CN(Cc1cnn(-c2ccccc2)c1)C(=O)c1ccc(CN2C(=O)c3ccccc3C2=O)cc1. The van der Waals surface area contributed by atoms with Crippen molar-refractivity contribution in [3.05, 3.63) is 119 Å². The second-order valence-corrected chi connectivity index (χ2v) is 8.23. The van der Waals surface area contributed by atoms with Gasteiger partial charge < -0.3 is 4.90 Å². The fraction of sp³-hybridized carbons (Fsp3) is 0.111. The van der Waals surface area contributed by atoms with Gasteiger partial charge in [0.25, 0.3) is 17.7 Å². The van der Waals surface area contributed by atoms with Gasteiger partial charge in [-0.2, -0.15) is 5.10 Å². The van der Waals surface area contributed by atoms with E-state index in [9.17, 15) is 14.4 Å². The lowest BCUT2D eigenvalue weighted by Gasteiger charge is -2.17. The van der Waals surface area contributed by atoms with Crippen molar-refractivity contribution < 1.29 is 14.4 Å². The van der Waals surface area contributed by atoms with E-state index < -0.39 is 0 Å². The summed E-state index contributed by atoms with van der Waals surface area (Å²) in [6, 6.07) is 23.6. The molecule has 5 rings (SSSR count). The van der Waals surface area contributed by atoms with E-state index in [0.717, 1.165) is 16.8 Å². The van der Waals surface area contributed by atoms with Crippen LogP contribution in [0.25, 0.3) is 5.69 Å². The maximum Gasteiger partial charge on any atom is 0.261 e. The first-order chi connectivity index (χ1) is 16.5. The average Bonchev–Trinajstić information content (AvgIpc) is 3.43. The molecule has 168 valence electrons. The lowest BCUT2D eigenvalue weighted by Crippen LogP contribution is -2.29. The molecule has 0 aliphatic carbocycles. The van der Waals surface area contributed by atoms with Gasteiger partial charge in [0.2, 0.25) is 0 Å². The Morgan fingerprint density at radius 1 is 0.824 bits per heavy atom. The molecule has 0 saturated carbocycles. The van der Waals surface area contributed by atoms with E-state index in [1.807, 2.05) is 36.5 Å². The molecule has 0 spiro atoms. The largest absolute Gasteiger partial charge is 0.337 e. The molecule has 1 aliphatic rings. The minimum atomic E-state index is -0.295. The molecule has 4 aromatic rings. The second kappa shape index (κ2) is 8.78. The van der Waals surface area contributed by atoms with Crippen LogP contribution in [0.5, 0.6) is 0 Å². The Labute approximate surface area is 196 Å². The van der Waals surface area contributed by atoms with E-state index in [4.69, 9.17) is 0 Å². The zero-order chi connectivity index (χ0) is 23.7. The number of nitrogens with zero attached hydrogens (tertiary/aromatic N) is 4. The molecule has 3 aromatic carbocycles. The highest BCUT2D eigenvalue weighted by Gasteiger charge is 2.34. The molecule has 0 saturated heterocycles. The van der Waals surface area contributed by atoms with Gasteiger partial charge in [-0.15, -0.1) is 0 Å². The van der Waals surface area contributed by atoms with Crippen molar-refractivity contribution in [2.45, 2.75) is 13.1 Å². The van der Waals surface area contributed by atoms with Gasteiger partial charge in [0.05, 0.1) is 29.6 Å². The van der Waals surface area contributed by atoms with Crippen molar-refractivity contribution in [1.29, 1.82) is 0 Å². The summed E-state index contributed by atoms with van der Waals surface area (Å²) in [6.07, 6.45) is 3.66. The molecule has 1 aromatic heterocycles. The molecule has 3 amide bonds. The Hall–Kier alpha value is -4.52. The molecule has 0 radical (unpaired) electrons. The molecule has 2 heterocycles. The highest BCUT2D eigenvalue weighted by atomic mass is 16.2. The molecular weight excluding hydrogens is 428 g/mol. The monoisotopic (exact) mass is 450 g/mol. The maximum atomic E-state index is 12.9. The van der Waals surface area contributed by atoms with Crippen molar-refractivity contribution in [1.82, 2.24) is 19.6 Å². The van der Waals surface area contributed by atoms with Gasteiger partial charge >= 0.3 is 0 Å². The van der Waals surface area contributed by atoms with Crippen LogP contribution in [0, 0.1) is 0 Å². The summed E-state index contributed by atoms with van der Waals surface area (Å²) in [5.74, 6) is -0.715. The number of amides is 3. The lowest BCUT2D eigenvalue weighted by molar-refractivity contribution is 0.0641. The summed E-state index contributed by atoms with van der Waals surface area (Å²) >= 11 is 0. The van der Waals surface area contributed by atoms with Crippen molar-refractivity contribution >= 4 is 17.7 Å². The zero-order valence-corrected chi connectivity index (χ0v) is 18.6. The van der Waals surface area contributed by atoms with Crippen molar-refractivity contribution in [2.24, 2.45) is 0 Å². The van der Waals surface area contributed by atoms with Crippen LogP contribution in [-0.4, -0.2) is 44.3 Å². The van der Waals surface area contributed by atoms with E-state index in [2.05, 4.69) is 5.10 Å². The number of para-hydroxylation sites is 1. The van der Waals surface area contributed by atoms with Crippen molar-refractivity contribution in [3.8, 4) is 5.69 Å². The first kappa shape index (κ1) is 21.3. The third-order valence-corrected chi connectivity index (χ3v) is 5.84. The number of rotatable bonds is 6. The minimum Gasteiger partial charge on any atom is -0.337 e. The van der Waals surface area contributed by atoms with Crippen LogP contribution < -0.4 is 0 Å². The average molecular weight is 450 g/mol. The Morgan fingerprint density at radius 2 is 1.44 bits per heavy atom. The highest BCUT2D eigenvalue weighted by Crippen LogP contribution is 2.24. The minimum absolute atomic E-state index is 0.125. The Morgan fingerprint density at radius 3 is 2.09 bits per heavy atom. The number of aromatic nitrogens is 2. The molecule has 1 aliphatic heterocycles. The zero-order valence-electron chi connectivity index (χ0n) is 18.6. The Bertz CT molecular complexity index is 1340. The number of benzene rings is 3. The number of carbonyl (C=O) groups is 3. The summed E-state index contributed by atoms with van der Waals surface area (Å²) in [6.45, 7) is 0.581. The van der Waals surface area contributed by atoms with Gasteiger partial charge in [0, 0.05) is 30.9 Å². The number of imide groups is 1. The number of hydrogen-bond acceptors (Lipinski definition) is 4. The third-order valence-electron chi connectivity index (χ3n) is 5.84. The standard InChI is InChI=1S/C27H22N4O3/c1-29(16-20-15-28-31(18-20)22-7-3-2-4-8-22)25(32)21-13-11-19(12-14-21)17-30-26(33)23-9-5-6-10-24(23)27(30)34/h2-15,18H,16-17H2,1H3. The lowest BCUT2D eigenvalue weighted by atomic mass is 10.1. The van der Waals surface area contributed by atoms with Gasteiger partial charge in [0.15, 0.2) is 0 Å². The van der Waals surface area contributed by atoms with Crippen molar-refractivity contribution in [3.63, 3.8) is 0 Å². The summed E-state index contributed by atoms with van der Waals surface area (Å²) < 4.78 is 1.78. The summed E-state index contributed by atoms with van der Waals surface area (Å²) in [5, 5.41) is 4.38. The van der Waals surface area contributed by atoms with Crippen LogP contribution in [0.3, 0.4) is 0 Å². The van der Waals surface area contributed by atoms with Crippen molar-refractivity contribution in [2.75, 3.05) is 7.05 Å². The van der Waals surface area contributed by atoms with E-state index in [0.29, 0.717) is 23.2 Å².